The van der Waals surface area contributed by atoms with Crippen molar-refractivity contribution < 1.29 is 14.3 Å². The van der Waals surface area contributed by atoms with Crippen LogP contribution in [0, 0.1) is 39.9 Å². The molecule has 26 heavy (non-hydrogen) atoms. The number of rotatable bonds is 0. The van der Waals surface area contributed by atoms with Crippen molar-refractivity contribution in [3.8, 4) is 0 Å². The van der Waals surface area contributed by atoms with Crippen molar-refractivity contribution in [1.82, 2.24) is 0 Å². The number of cyclic esters (lactones) is 1. The number of carbonyl (C=O) groups excluding carboxylic acids is 2. The van der Waals surface area contributed by atoms with Gasteiger partial charge in [-0.1, -0.05) is 26.3 Å². The summed E-state index contributed by atoms with van der Waals surface area (Å²) in [4.78, 5) is 24.8. The van der Waals surface area contributed by atoms with Crippen LogP contribution >= 0.6 is 0 Å². The highest BCUT2D eigenvalue weighted by molar-refractivity contribution is 5.91. The van der Waals surface area contributed by atoms with Crippen LogP contribution in [-0.4, -0.2) is 18.4 Å². The van der Waals surface area contributed by atoms with E-state index in [-0.39, 0.29) is 22.2 Å². The third-order valence-electron chi connectivity index (χ3n) is 9.83. The van der Waals surface area contributed by atoms with E-state index in [1.54, 1.807) is 0 Å². The van der Waals surface area contributed by atoms with Crippen molar-refractivity contribution in [2.75, 3.05) is 6.61 Å². The molecule has 1 aliphatic heterocycles. The van der Waals surface area contributed by atoms with Gasteiger partial charge in [-0.25, -0.2) is 0 Å². The molecule has 0 radical (unpaired) electrons. The molecule has 3 heteroatoms. The largest absolute Gasteiger partial charge is 0.465 e. The summed E-state index contributed by atoms with van der Waals surface area (Å²) in [6, 6.07) is 0. The molecule has 1 spiro atoms. The predicted octanol–water partition coefficient (Wildman–Crippen LogP) is 4.70. The Balaban J connectivity index is 1.55. The summed E-state index contributed by atoms with van der Waals surface area (Å²) in [5.74, 6) is 3.05. The van der Waals surface area contributed by atoms with E-state index in [0.717, 1.165) is 38.5 Å². The lowest BCUT2D eigenvalue weighted by molar-refractivity contribution is -0.158. The van der Waals surface area contributed by atoms with Gasteiger partial charge in [0, 0.05) is 6.42 Å². The van der Waals surface area contributed by atoms with Crippen molar-refractivity contribution >= 4 is 11.8 Å². The van der Waals surface area contributed by atoms with Crippen LogP contribution in [0.3, 0.4) is 0 Å². The molecule has 5 aliphatic rings. The molecule has 4 fully saturated rings. The molecule has 7 atom stereocenters. The smallest absolute Gasteiger partial charge is 0.312 e. The van der Waals surface area contributed by atoms with E-state index >= 15 is 0 Å². The van der Waals surface area contributed by atoms with E-state index in [0.29, 0.717) is 36.1 Å². The van der Waals surface area contributed by atoms with Crippen LogP contribution in [0.2, 0.25) is 0 Å². The van der Waals surface area contributed by atoms with Gasteiger partial charge in [0.15, 0.2) is 5.78 Å². The van der Waals surface area contributed by atoms with Crippen LogP contribution < -0.4 is 0 Å². The maximum atomic E-state index is 12.8. The first kappa shape index (κ1) is 17.0. The molecule has 0 aromatic heterocycles. The molecular formula is C23H32O3. The molecular weight excluding hydrogens is 324 g/mol. The van der Waals surface area contributed by atoms with Crippen LogP contribution in [0.1, 0.15) is 72.1 Å². The number of carbonyl (C=O) groups is 2. The van der Waals surface area contributed by atoms with Crippen LogP contribution in [0.4, 0.5) is 0 Å². The first-order valence-electron chi connectivity index (χ1n) is 10.7. The normalized spacial score (nSPS) is 53.0. The van der Waals surface area contributed by atoms with Gasteiger partial charge in [-0.05, 0) is 85.5 Å². The molecule has 3 nitrogen and oxygen atoms in total. The number of esters is 1. The zero-order valence-electron chi connectivity index (χ0n) is 16.5. The number of ether oxygens (including phenoxy) is 1. The van der Waals surface area contributed by atoms with Crippen molar-refractivity contribution in [2.24, 2.45) is 39.9 Å². The van der Waals surface area contributed by atoms with Gasteiger partial charge in [-0.3, -0.25) is 9.59 Å². The van der Waals surface area contributed by atoms with E-state index in [1.165, 1.54) is 18.4 Å². The minimum absolute atomic E-state index is 0.0967. The SMILES string of the molecule is C[C@@H]1CC2=CC(=O)CCC2(C)C2CCC3(C)C(CC[C@@]34CCOC4=O)C21. The fraction of sp³-hybridized carbons (Fsp3) is 0.826. The lowest BCUT2D eigenvalue weighted by Crippen LogP contribution is -2.55. The fourth-order valence-electron chi connectivity index (χ4n) is 8.34. The third kappa shape index (κ3) is 1.85. The van der Waals surface area contributed by atoms with Crippen LogP contribution in [0.15, 0.2) is 11.6 Å². The summed E-state index contributed by atoms with van der Waals surface area (Å²) in [5.41, 5.74) is 1.54. The van der Waals surface area contributed by atoms with Crippen molar-refractivity contribution in [2.45, 2.75) is 72.1 Å². The van der Waals surface area contributed by atoms with E-state index < -0.39 is 0 Å². The molecule has 0 aromatic carbocycles. The van der Waals surface area contributed by atoms with Crippen molar-refractivity contribution in [3.05, 3.63) is 11.6 Å². The molecule has 0 bridgehead atoms. The Kier molecular flexibility index (Phi) is 3.42. The minimum Gasteiger partial charge on any atom is -0.465 e. The number of ketones is 1. The zero-order chi connectivity index (χ0) is 18.3. The highest BCUT2D eigenvalue weighted by atomic mass is 16.5. The minimum atomic E-state index is -0.206. The standard InChI is InChI=1S/C23H32O3/c1-14-12-15-13-16(24)4-7-21(15,2)17-5-8-22(3)18(19(14)17)6-9-23(22)10-11-26-20(23)25/h13-14,17-19H,4-12H2,1-3H3/t14-,17?,18?,19?,21?,22?,23+/m1/s1. The maximum absolute atomic E-state index is 12.8. The van der Waals surface area contributed by atoms with Gasteiger partial charge in [0.05, 0.1) is 12.0 Å². The highest BCUT2D eigenvalue weighted by Crippen LogP contribution is 2.72. The fourth-order valence-corrected chi connectivity index (χ4v) is 8.34. The second-order valence-electron chi connectivity index (χ2n) is 10.5. The van der Waals surface area contributed by atoms with Gasteiger partial charge in [-0.15, -0.1) is 0 Å². The molecule has 0 N–H and O–H groups in total. The molecule has 4 aliphatic carbocycles. The molecule has 5 unspecified atom stereocenters. The molecule has 0 amide bonds. The number of hydrogen-bond acceptors (Lipinski definition) is 3. The lowest BCUT2D eigenvalue weighted by atomic mass is 9.43. The van der Waals surface area contributed by atoms with E-state index in [9.17, 15) is 9.59 Å². The Labute approximate surface area is 156 Å². The average Bonchev–Trinajstić information content (AvgIpc) is 3.12. The van der Waals surface area contributed by atoms with E-state index in [4.69, 9.17) is 4.74 Å². The molecule has 3 saturated carbocycles. The first-order valence-corrected chi connectivity index (χ1v) is 10.7. The van der Waals surface area contributed by atoms with Crippen LogP contribution in [0.25, 0.3) is 0 Å². The van der Waals surface area contributed by atoms with Gasteiger partial charge in [0.25, 0.3) is 0 Å². The quantitative estimate of drug-likeness (QED) is 0.591. The third-order valence-corrected chi connectivity index (χ3v) is 9.83. The molecule has 1 saturated heterocycles. The maximum Gasteiger partial charge on any atom is 0.312 e. The molecule has 1 heterocycles. The van der Waals surface area contributed by atoms with E-state index in [2.05, 4.69) is 20.8 Å². The topological polar surface area (TPSA) is 43.4 Å². The Morgan fingerprint density at radius 1 is 1.04 bits per heavy atom. The number of allylic oxidation sites excluding steroid dienone is 1. The second kappa shape index (κ2) is 5.23. The summed E-state index contributed by atoms with van der Waals surface area (Å²) in [6.07, 6.45) is 10.3. The zero-order valence-corrected chi connectivity index (χ0v) is 16.5. The van der Waals surface area contributed by atoms with Crippen LogP contribution in [-0.2, 0) is 14.3 Å². The van der Waals surface area contributed by atoms with Gasteiger partial charge in [-0.2, -0.15) is 0 Å². The molecule has 0 aromatic rings. The average molecular weight is 357 g/mol. The van der Waals surface area contributed by atoms with Crippen LogP contribution in [0.5, 0.6) is 0 Å². The highest BCUT2D eigenvalue weighted by Gasteiger charge is 2.69. The Morgan fingerprint density at radius 3 is 2.54 bits per heavy atom. The Bertz CT molecular complexity index is 708. The Morgan fingerprint density at radius 2 is 1.81 bits per heavy atom. The summed E-state index contributed by atoms with van der Waals surface area (Å²) < 4.78 is 5.50. The van der Waals surface area contributed by atoms with Crippen molar-refractivity contribution in [3.63, 3.8) is 0 Å². The lowest BCUT2D eigenvalue weighted by Gasteiger charge is -2.61. The number of fused-ring (bicyclic) bond motifs is 6. The molecule has 142 valence electrons. The van der Waals surface area contributed by atoms with E-state index in [1.807, 2.05) is 6.08 Å². The Hall–Kier alpha value is -1.12. The monoisotopic (exact) mass is 356 g/mol. The van der Waals surface area contributed by atoms with Gasteiger partial charge >= 0.3 is 5.97 Å². The van der Waals surface area contributed by atoms with Gasteiger partial charge < -0.3 is 4.74 Å². The summed E-state index contributed by atoms with van der Waals surface area (Å²) in [7, 11) is 0. The first-order chi connectivity index (χ1) is 12.3. The van der Waals surface area contributed by atoms with Crippen molar-refractivity contribution in [1.29, 1.82) is 0 Å². The summed E-state index contributed by atoms with van der Waals surface area (Å²) in [5, 5.41) is 0. The molecule has 5 rings (SSSR count). The second-order valence-corrected chi connectivity index (χ2v) is 10.5. The van der Waals surface area contributed by atoms with Gasteiger partial charge in [0.2, 0.25) is 0 Å². The predicted molar refractivity (Wildman–Crippen MR) is 99.3 cm³/mol. The number of hydrogen-bond donors (Lipinski definition) is 0. The van der Waals surface area contributed by atoms with Gasteiger partial charge in [0.1, 0.15) is 0 Å². The summed E-state index contributed by atoms with van der Waals surface area (Å²) >= 11 is 0. The summed E-state index contributed by atoms with van der Waals surface area (Å²) in [6.45, 7) is 7.88.